The highest BCUT2D eigenvalue weighted by molar-refractivity contribution is 5.87. The molecule has 27 heavy (non-hydrogen) atoms. The Morgan fingerprint density at radius 1 is 1.30 bits per heavy atom. The Hall–Kier alpha value is -1.92. The van der Waals surface area contributed by atoms with Crippen LogP contribution in [0.4, 0.5) is 0 Å². The predicted octanol–water partition coefficient (Wildman–Crippen LogP) is 2.03. The predicted molar refractivity (Wildman–Crippen MR) is 103 cm³/mol. The molecule has 0 spiro atoms. The summed E-state index contributed by atoms with van der Waals surface area (Å²) >= 11 is 0. The van der Waals surface area contributed by atoms with Gasteiger partial charge in [-0.15, -0.1) is 0 Å². The van der Waals surface area contributed by atoms with E-state index in [9.17, 15) is 14.7 Å². The van der Waals surface area contributed by atoms with Crippen molar-refractivity contribution in [3.8, 4) is 0 Å². The van der Waals surface area contributed by atoms with Gasteiger partial charge in [-0.2, -0.15) is 0 Å². The number of rotatable bonds is 8. The highest BCUT2D eigenvalue weighted by atomic mass is 16.5. The normalized spacial score (nSPS) is 24.8. The van der Waals surface area contributed by atoms with E-state index in [0.717, 1.165) is 37.8 Å². The van der Waals surface area contributed by atoms with Gasteiger partial charge in [0.1, 0.15) is 6.04 Å². The van der Waals surface area contributed by atoms with Crippen molar-refractivity contribution in [2.24, 2.45) is 5.92 Å². The molecule has 1 heterocycles. The number of amides is 1. The van der Waals surface area contributed by atoms with Gasteiger partial charge in [0.05, 0.1) is 12.0 Å². The molecule has 0 aromatic heterocycles. The number of likely N-dealkylation sites (tertiary alicyclic amines) is 1. The van der Waals surface area contributed by atoms with Crippen molar-refractivity contribution in [3.63, 3.8) is 0 Å². The second-order valence-corrected chi connectivity index (χ2v) is 7.98. The Kier molecular flexibility index (Phi) is 5.86. The number of carboxylic acid groups (broad SMARTS) is 1. The average molecular weight is 374 g/mol. The topological polar surface area (TPSA) is 78.9 Å². The maximum atomic E-state index is 13.0. The fourth-order valence-electron chi connectivity index (χ4n) is 4.55. The number of hydrogen-bond acceptors (Lipinski definition) is 4. The fourth-order valence-corrected chi connectivity index (χ4v) is 4.55. The first-order chi connectivity index (χ1) is 12.9. The van der Waals surface area contributed by atoms with E-state index in [4.69, 9.17) is 4.74 Å². The van der Waals surface area contributed by atoms with E-state index in [0.29, 0.717) is 0 Å². The van der Waals surface area contributed by atoms with Gasteiger partial charge in [-0.25, -0.2) is 4.79 Å². The first-order valence-corrected chi connectivity index (χ1v) is 9.72. The summed E-state index contributed by atoms with van der Waals surface area (Å²) in [5, 5.41) is 12.7. The maximum absolute atomic E-state index is 13.0. The second-order valence-electron chi connectivity index (χ2n) is 7.98. The van der Waals surface area contributed by atoms with Crippen molar-refractivity contribution in [2.45, 2.75) is 56.2 Å². The Morgan fingerprint density at radius 3 is 2.44 bits per heavy atom. The van der Waals surface area contributed by atoms with Gasteiger partial charge < -0.3 is 20.1 Å². The summed E-state index contributed by atoms with van der Waals surface area (Å²) in [6.07, 6.45) is 3.36. The molecule has 3 rings (SSSR count). The average Bonchev–Trinajstić information content (AvgIpc) is 3.37. The highest BCUT2D eigenvalue weighted by Gasteiger charge is 2.55. The van der Waals surface area contributed by atoms with Crippen LogP contribution in [-0.4, -0.2) is 60.8 Å². The molecular weight excluding hydrogens is 344 g/mol. The van der Waals surface area contributed by atoms with Crippen LogP contribution in [0.5, 0.6) is 0 Å². The molecule has 4 atom stereocenters. The number of carbonyl (C=O) groups is 2. The number of carboxylic acids is 1. The quantitative estimate of drug-likeness (QED) is 0.728. The lowest BCUT2D eigenvalue weighted by Gasteiger charge is -2.33. The maximum Gasteiger partial charge on any atom is 0.327 e. The van der Waals surface area contributed by atoms with Crippen LogP contribution in [0.1, 0.15) is 38.2 Å². The van der Waals surface area contributed by atoms with Gasteiger partial charge in [0.25, 0.3) is 0 Å². The van der Waals surface area contributed by atoms with Crippen LogP contribution in [0.15, 0.2) is 30.3 Å². The smallest absolute Gasteiger partial charge is 0.327 e. The van der Waals surface area contributed by atoms with Crippen LogP contribution in [0.3, 0.4) is 0 Å². The van der Waals surface area contributed by atoms with E-state index in [-0.39, 0.29) is 18.1 Å². The van der Waals surface area contributed by atoms with E-state index in [1.807, 2.05) is 44.3 Å². The summed E-state index contributed by atoms with van der Waals surface area (Å²) in [6, 6.07) is 8.90. The number of hydrogen-bond donors (Lipinski definition) is 2. The minimum Gasteiger partial charge on any atom is -0.480 e. The van der Waals surface area contributed by atoms with Crippen LogP contribution in [-0.2, 0) is 19.7 Å². The molecule has 148 valence electrons. The summed E-state index contributed by atoms with van der Waals surface area (Å²) in [4.78, 5) is 27.2. The zero-order valence-electron chi connectivity index (χ0n) is 16.4. The summed E-state index contributed by atoms with van der Waals surface area (Å²) < 4.78 is 5.67. The van der Waals surface area contributed by atoms with E-state index >= 15 is 0 Å². The van der Waals surface area contributed by atoms with Crippen molar-refractivity contribution < 1.29 is 19.4 Å². The Morgan fingerprint density at radius 2 is 1.96 bits per heavy atom. The SMILES string of the molecule is COC(C(C)C(=O)NC(C(=O)O)C1(c2ccccc2)CC1)C1CCCN1C. The standard InChI is InChI=1S/C21H30N2O4/c1-14(17(27-3)16-10-7-13-23(16)2)19(24)22-18(20(25)26)21(11-12-21)15-8-5-4-6-9-15/h4-6,8-9,14,16-18H,7,10-13H2,1-3H3,(H,22,24)(H,25,26). The molecule has 4 unspecified atom stereocenters. The number of carbonyl (C=O) groups excluding carboxylic acids is 1. The minimum atomic E-state index is -0.983. The summed E-state index contributed by atoms with van der Waals surface area (Å²) in [7, 11) is 3.67. The lowest BCUT2D eigenvalue weighted by molar-refractivity contribution is -0.144. The van der Waals surface area contributed by atoms with Gasteiger partial charge in [0, 0.05) is 18.6 Å². The molecule has 6 nitrogen and oxygen atoms in total. The third kappa shape index (κ3) is 3.87. The number of aliphatic carboxylic acids is 1. The van der Waals surface area contributed by atoms with Gasteiger partial charge in [0.2, 0.25) is 5.91 Å². The first kappa shape index (κ1) is 19.8. The molecule has 1 aromatic rings. The number of likely N-dealkylation sites (N-methyl/N-ethyl adjacent to an activating group) is 1. The van der Waals surface area contributed by atoms with E-state index in [2.05, 4.69) is 10.2 Å². The van der Waals surface area contributed by atoms with Gasteiger partial charge in [-0.1, -0.05) is 37.3 Å². The van der Waals surface area contributed by atoms with E-state index in [1.54, 1.807) is 7.11 Å². The minimum absolute atomic E-state index is 0.183. The van der Waals surface area contributed by atoms with Crippen LogP contribution >= 0.6 is 0 Å². The van der Waals surface area contributed by atoms with Crippen molar-refractivity contribution >= 4 is 11.9 Å². The van der Waals surface area contributed by atoms with Crippen LogP contribution in [0.2, 0.25) is 0 Å². The second kappa shape index (κ2) is 7.98. The highest BCUT2D eigenvalue weighted by Crippen LogP contribution is 2.51. The number of nitrogens with one attached hydrogen (secondary N) is 1. The lowest BCUT2D eigenvalue weighted by Crippen LogP contribution is -2.53. The Labute approximate surface area is 160 Å². The largest absolute Gasteiger partial charge is 0.480 e. The zero-order chi connectivity index (χ0) is 19.6. The van der Waals surface area contributed by atoms with E-state index < -0.39 is 23.3 Å². The van der Waals surface area contributed by atoms with Crippen molar-refractivity contribution in [2.75, 3.05) is 20.7 Å². The third-order valence-electron chi connectivity index (χ3n) is 6.36. The summed E-state index contributed by atoms with van der Waals surface area (Å²) in [6.45, 7) is 2.82. The number of ether oxygens (including phenoxy) is 1. The molecule has 6 heteroatoms. The van der Waals surface area contributed by atoms with Crippen LogP contribution < -0.4 is 5.32 Å². The van der Waals surface area contributed by atoms with Crippen molar-refractivity contribution in [1.29, 1.82) is 0 Å². The lowest BCUT2D eigenvalue weighted by atomic mass is 9.87. The third-order valence-corrected chi connectivity index (χ3v) is 6.36. The van der Waals surface area contributed by atoms with Crippen molar-refractivity contribution in [1.82, 2.24) is 10.2 Å². The Balaban J connectivity index is 1.75. The number of benzene rings is 1. The molecule has 1 aliphatic carbocycles. The molecule has 1 saturated carbocycles. The van der Waals surface area contributed by atoms with Gasteiger partial charge in [-0.3, -0.25) is 4.79 Å². The van der Waals surface area contributed by atoms with Crippen LogP contribution in [0.25, 0.3) is 0 Å². The molecule has 2 aliphatic rings. The summed E-state index contributed by atoms with van der Waals surface area (Å²) in [5.74, 6) is -1.66. The van der Waals surface area contributed by atoms with Crippen LogP contribution in [0, 0.1) is 5.92 Å². The zero-order valence-corrected chi connectivity index (χ0v) is 16.4. The molecule has 1 saturated heterocycles. The van der Waals surface area contributed by atoms with Crippen molar-refractivity contribution in [3.05, 3.63) is 35.9 Å². The van der Waals surface area contributed by atoms with Gasteiger partial charge in [-0.05, 0) is 44.8 Å². The van der Waals surface area contributed by atoms with Gasteiger partial charge in [0.15, 0.2) is 0 Å². The molecule has 1 aliphatic heterocycles. The monoisotopic (exact) mass is 374 g/mol. The Bertz CT molecular complexity index is 674. The number of nitrogens with zero attached hydrogens (tertiary/aromatic N) is 1. The molecule has 2 fully saturated rings. The molecule has 1 aromatic carbocycles. The molecular formula is C21H30N2O4. The first-order valence-electron chi connectivity index (χ1n) is 9.72. The van der Waals surface area contributed by atoms with E-state index in [1.165, 1.54) is 0 Å². The number of methoxy groups -OCH3 is 1. The van der Waals surface area contributed by atoms with Gasteiger partial charge >= 0.3 is 5.97 Å². The molecule has 0 bridgehead atoms. The molecule has 2 N–H and O–H groups in total. The molecule has 1 amide bonds. The fraction of sp³-hybridized carbons (Fsp3) is 0.619. The molecule has 0 radical (unpaired) electrons. The summed E-state index contributed by atoms with van der Waals surface area (Å²) in [5.41, 5.74) is 0.471.